The molecule has 2 aromatic rings. The Morgan fingerprint density at radius 3 is 3.13 bits per heavy atom. The number of halogens is 1. The second-order valence-electron chi connectivity index (χ2n) is 6.44. The molecule has 2 aliphatic rings. The fourth-order valence-corrected chi connectivity index (χ4v) is 4.39. The molecular formula is C18H21ClN2O2. The molecule has 4 nitrogen and oxygen atoms in total. The Hall–Kier alpha value is -1.52. The first-order chi connectivity index (χ1) is 11.2. The molecule has 4 rings (SSSR count). The summed E-state index contributed by atoms with van der Waals surface area (Å²) < 4.78 is 5.34. The van der Waals surface area contributed by atoms with Crippen LogP contribution < -0.4 is 0 Å². The third kappa shape index (κ3) is 2.45. The fourth-order valence-electron chi connectivity index (χ4n) is 4.21. The number of aromatic amines is 1. The summed E-state index contributed by atoms with van der Waals surface area (Å²) in [5.74, 6) is -0.141. The molecule has 122 valence electrons. The fraction of sp³-hybridized carbons (Fsp3) is 0.500. The zero-order valence-electron chi connectivity index (χ0n) is 13.3. The van der Waals surface area contributed by atoms with Crippen LogP contribution in [0.5, 0.6) is 0 Å². The van der Waals surface area contributed by atoms with Crippen molar-refractivity contribution in [2.45, 2.75) is 32.2 Å². The van der Waals surface area contributed by atoms with Gasteiger partial charge in [0.15, 0.2) is 0 Å². The topological polar surface area (TPSA) is 45.3 Å². The number of H-pyrrole nitrogens is 1. The maximum absolute atomic E-state index is 12.4. The van der Waals surface area contributed by atoms with Crippen molar-refractivity contribution in [1.29, 1.82) is 0 Å². The molecule has 0 spiro atoms. The zero-order valence-corrected chi connectivity index (χ0v) is 14.0. The van der Waals surface area contributed by atoms with Gasteiger partial charge in [-0.1, -0.05) is 11.6 Å². The van der Waals surface area contributed by atoms with Crippen molar-refractivity contribution in [1.82, 2.24) is 9.88 Å². The summed E-state index contributed by atoms with van der Waals surface area (Å²) >= 11 is 6.18. The van der Waals surface area contributed by atoms with Crippen LogP contribution in [-0.4, -0.2) is 35.5 Å². The van der Waals surface area contributed by atoms with Crippen LogP contribution in [0.15, 0.2) is 18.2 Å². The lowest BCUT2D eigenvalue weighted by Crippen LogP contribution is -2.46. The van der Waals surface area contributed by atoms with Gasteiger partial charge in [0.25, 0.3) is 0 Å². The number of fused-ring (bicyclic) bond motifs is 5. The average molecular weight is 333 g/mol. The van der Waals surface area contributed by atoms with Gasteiger partial charge in [0.05, 0.1) is 18.6 Å². The number of benzene rings is 1. The van der Waals surface area contributed by atoms with Gasteiger partial charge in [-0.2, -0.15) is 0 Å². The molecule has 0 unspecified atom stereocenters. The molecule has 3 heterocycles. The van der Waals surface area contributed by atoms with Crippen LogP contribution in [0, 0.1) is 5.92 Å². The number of hydrogen-bond acceptors (Lipinski definition) is 3. The van der Waals surface area contributed by atoms with Crippen molar-refractivity contribution >= 4 is 28.5 Å². The monoisotopic (exact) mass is 332 g/mol. The number of carbonyl (C=O) groups excluding carboxylic acids is 1. The first-order valence-corrected chi connectivity index (χ1v) is 8.77. The van der Waals surface area contributed by atoms with Crippen molar-refractivity contribution in [3.8, 4) is 0 Å². The third-order valence-corrected chi connectivity index (χ3v) is 5.41. The van der Waals surface area contributed by atoms with Crippen molar-refractivity contribution < 1.29 is 9.53 Å². The van der Waals surface area contributed by atoms with E-state index in [0.29, 0.717) is 6.61 Å². The Morgan fingerprint density at radius 1 is 1.43 bits per heavy atom. The summed E-state index contributed by atoms with van der Waals surface area (Å²) in [6.45, 7) is 4.36. The van der Waals surface area contributed by atoms with Gasteiger partial charge < -0.3 is 9.72 Å². The molecule has 0 amide bonds. The largest absolute Gasteiger partial charge is 0.466 e. The van der Waals surface area contributed by atoms with Crippen LogP contribution in [0.4, 0.5) is 0 Å². The molecule has 23 heavy (non-hydrogen) atoms. The number of aromatic nitrogens is 1. The molecule has 0 radical (unpaired) electrons. The van der Waals surface area contributed by atoms with Crippen molar-refractivity contribution in [2.75, 3.05) is 19.7 Å². The number of piperidine rings is 1. The highest BCUT2D eigenvalue weighted by atomic mass is 35.5. The van der Waals surface area contributed by atoms with Gasteiger partial charge in [-0.15, -0.1) is 0 Å². The van der Waals surface area contributed by atoms with E-state index in [0.717, 1.165) is 42.9 Å². The average Bonchev–Trinajstić information content (AvgIpc) is 2.92. The zero-order chi connectivity index (χ0) is 16.0. The third-order valence-electron chi connectivity index (χ3n) is 5.17. The van der Waals surface area contributed by atoms with Gasteiger partial charge >= 0.3 is 5.97 Å². The number of esters is 1. The van der Waals surface area contributed by atoms with Gasteiger partial charge in [0.1, 0.15) is 0 Å². The van der Waals surface area contributed by atoms with Crippen molar-refractivity contribution in [3.05, 3.63) is 34.5 Å². The lowest BCUT2D eigenvalue weighted by molar-refractivity contribution is -0.153. The molecule has 1 N–H and O–H groups in total. The quantitative estimate of drug-likeness (QED) is 0.853. The number of rotatable bonds is 2. The molecule has 1 saturated heterocycles. The lowest BCUT2D eigenvalue weighted by atomic mass is 9.82. The van der Waals surface area contributed by atoms with E-state index >= 15 is 0 Å². The standard InChI is InChI=1S/C18H21ClN2O2/c1-2-23-18(22)13-4-3-8-21-9-7-12-14-10-11(19)5-6-15(14)20-16(12)17(13)21/h5-6,10,13,17,20H,2-4,7-9H2,1H3/t13-,17+/m1/s1. The molecule has 0 bridgehead atoms. The van der Waals surface area contributed by atoms with E-state index in [2.05, 4.69) is 9.88 Å². The predicted octanol–water partition coefficient (Wildman–Crippen LogP) is 3.69. The van der Waals surface area contributed by atoms with Gasteiger partial charge in [-0.25, -0.2) is 0 Å². The van der Waals surface area contributed by atoms with Crippen molar-refractivity contribution in [3.63, 3.8) is 0 Å². The summed E-state index contributed by atoms with van der Waals surface area (Å²) in [7, 11) is 0. The van der Waals surface area contributed by atoms with E-state index in [1.54, 1.807) is 0 Å². The number of carbonyl (C=O) groups is 1. The maximum atomic E-state index is 12.4. The minimum Gasteiger partial charge on any atom is -0.466 e. The predicted molar refractivity (Wildman–Crippen MR) is 90.7 cm³/mol. The van der Waals surface area contributed by atoms with Crippen molar-refractivity contribution in [2.24, 2.45) is 5.92 Å². The number of ether oxygens (including phenoxy) is 1. The van der Waals surface area contributed by atoms with E-state index in [1.807, 2.05) is 25.1 Å². The van der Waals surface area contributed by atoms with E-state index in [4.69, 9.17) is 16.3 Å². The van der Waals surface area contributed by atoms with Crippen LogP contribution in [0.2, 0.25) is 5.02 Å². The lowest BCUT2D eigenvalue weighted by Gasteiger charge is -2.43. The second kappa shape index (κ2) is 5.84. The summed E-state index contributed by atoms with van der Waals surface area (Å²) in [5, 5.41) is 1.95. The molecule has 1 aromatic heterocycles. The molecule has 5 heteroatoms. The molecule has 1 aromatic carbocycles. The Morgan fingerprint density at radius 2 is 2.30 bits per heavy atom. The van der Waals surface area contributed by atoms with Crippen LogP contribution in [-0.2, 0) is 16.0 Å². The summed E-state index contributed by atoms with van der Waals surface area (Å²) in [6, 6.07) is 6.08. The number of nitrogens with zero attached hydrogens (tertiary/aromatic N) is 1. The van der Waals surface area contributed by atoms with Crippen LogP contribution in [0.25, 0.3) is 10.9 Å². The SMILES string of the molecule is CCOC(=O)[C@@H]1CCCN2CCc3c([nH]c4ccc(Cl)cc34)[C@H]12. The van der Waals surface area contributed by atoms with Gasteiger partial charge in [-0.3, -0.25) is 9.69 Å². The van der Waals surface area contributed by atoms with E-state index in [9.17, 15) is 4.79 Å². The number of hydrogen-bond donors (Lipinski definition) is 1. The Balaban J connectivity index is 1.80. The Labute approximate surface area is 140 Å². The first kappa shape index (κ1) is 15.0. The molecule has 2 atom stereocenters. The van der Waals surface area contributed by atoms with E-state index < -0.39 is 0 Å². The van der Waals surface area contributed by atoms with E-state index in [1.165, 1.54) is 16.6 Å². The van der Waals surface area contributed by atoms with Gasteiger partial charge in [0, 0.05) is 28.2 Å². The van der Waals surface area contributed by atoms with Gasteiger partial charge in [-0.05, 0) is 56.5 Å². The summed E-state index contributed by atoms with van der Waals surface area (Å²) in [4.78, 5) is 18.4. The maximum Gasteiger partial charge on any atom is 0.310 e. The van der Waals surface area contributed by atoms with Crippen LogP contribution >= 0.6 is 11.6 Å². The molecule has 1 fully saturated rings. The molecule has 0 aliphatic carbocycles. The van der Waals surface area contributed by atoms with E-state index in [-0.39, 0.29) is 17.9 Å². The molecular weight excluding hydrogens is 312 g/mol. The highest BCUT2D eigenvalue weighted by molar-refractivity contribution is 6.31. The Bertz CT molecular complexity index is 755. The van der Waals surface area contributed by atoms with Crippen LogP contribution in [0.3, 0.4) is 0 Å². The summed E-state index contributed by atoms with van der Waals surface area (Å²) in [5.41, 5.74) is 3.61. The molecule has 2 aliphatic heterocycles. The first-order valence-electron chi connectivity index (χ1n) is 8.39. The normalized spacial score (nSPS) is 24.3. The highest BCUT2D eigenvalue weighted by Crippen LogP contribution is 2.43. The second-order valence-corrected chi connectivity index (χ2v) is 6.88. The Kier molecular flexibility index (Phi) is 3.82. The van der Waals surface area contributed by atoms with Gasteiger partial charge in [0.2, 0.25) is 0 Å². The summed E-state index contributed by atoms with van der Waals surface area (Å²) in [6.07, 6.45) is 2.96. The highest BCUT2D eigenvalue weighted by Gasteiger charge is 2.42. The number of nitrogens with one attached hydrogen (secondary N) is 1. The smallest absolute Gasteiger partial charge is 0.310 e. The minimum absolute atomic E-state index is 0.0632. The molecule has 0 saturated carbocycles. The van der Waals surface area contributed by atoms with Crippen LogP contribution in [0.1, 0.15) is 37.1 Å². The minimum atomic E-state index is -0.0775.